The normalized spacial score (nSPS) is 25.0. The van der Waals surface area contributed by atoms with Crippen LogP contribution in [0.2, 0.25) is 0 Å². The Balaban J connectivity index is 1.59. The second kappa shape index (κ2) is 8.68. The highest BCUT2D eigenvalue weighted by molar-refractivity contribution is 5.97. The fraction of sp³-hybridized carbons (Fsp3) is 0.650. The maximum Gasteiger partial charge on any atom is 0.257 e. The van der Waals surface area contributed by atoms with Crippen molar-refractivity contribution < 1.29 is 14.6 Å². The van der Waals surface area contributed by atoms with E-state index in [1.807, 2.05) is 24.3 Å². The van der Waals surface area contributed by atoms with Gasteiger partial charge >= 0.3 is 0 Å². The molecule has 2 saturated heterocycles. The quantitative estimate of drug-likeness (QED) is 0.890. The molecule has 2 atom stereocenters. The van der Waals surface area contributed by atoms with E-state index in [0.29, 0.717) is 37.1 Å². The van der Waals surface area contributed by atoms with Crippen LogP contribution in [0.3, 0.4) is 0 Å². The summed E-state index contributed by atoms with van der Waals surface area (Å²) in [4.78, 5) is 17.0. The van der Waals surface area contributed by atoms with Crippen LogP contribution >= 0.6 is 0 Å². The standard InChI is InChI=1S/C20H30N2O3/c1-16-7-4-5-11-21(16)13-14-25-19-10-3-2-9-18(19)20(24)22-12-6-8-17(23)15-22/h2-3,9-10,16-17,23H,4-8,11-15H2,1H3/t16-,17+/m1/s1. The first-order valence-corrected chi connectivity index (χ1v) is 9.58. The SMILES string of the molecule is C[C@@H]1CCCCN1CCOc1ccccc1C(=O)N1CCC[C@H](O)C1. The van der Waals surface area contributed by atoms with E-state index in [2.05, 4.69) is 11.8 Å². The number of β-amino-alcohol motifs (C(OH)–C–C–N with tert-alkyl or cyclic N) is 1. The van der Waals surface area contributed by atoms with Crippen LogP contribution in [0.5, 0.6) is 5.75 Å². The summed E-state index contributed by atoms with van der Waals surface area (Å²) in [5, 5.41) is 9.82. The summed E-state index contributed by atoms with van der Waals surface area (Å²) in [5.41, 5.74) is 0.600. The number of rotatable bonds is 5. The summed E-state index contributed by atoms with van der Waals surface area (Å²) in [6, 6.07) is 8.08. The molecule has 25 heavy (non-hydrogen) atoms. The van der Waals surface area contributed by atoms with Crippen LogP contribution < -0.4 is 4.74 Å². The highest BCUT2D eigenvalue weighted by Gasteiger charge is 2.25. The van der Waals surface area contributed by atoms with Gasteiger partial charge in [-0.25, -0.2) is 0 Å². The number of hydrogen-bond donors (Lipinski definition) is 1. The molecule has 0 spiro atoms. The Bertz CT molecular complexity index is 578. The molecule has 2 fully saturated rings. The summed E-state index contributed by atoms with van der Waals surface area (Å²) in [6.45, 7) is 6.02. The van der Waals surface area contributed by atoms with E-state index in [4.69, 9.17) is 4.74 Å². The molecular weight excluding hydrogens is 316 g/mol. The Morgan fingerprint density at radius 2 is 2.04 bits per heavy atom. The number of nitrogens with zero attached hydrogens (tertiary/aromatic N) is 2. The third kappa shape index (κ3) is 4.73. The van der Waals surface area contributed by atoms with Crippen LogP contribution in [0.1, 0.15) is 49.4 Å². The van der Waals surface area contributed by atoms with Gasteiger partial charge in [0.2, 0.25) is 0 Å². The largest absolute Gasteiger partial charge is 0.491 e. The van der Waals surface area contributed by atoms with Gasteiger partial charge in [0.25, 0.3) is 5.91 Å². The zero-order valence-corrected chi connectivity index (χ0v) is 15.2. The number of aliphatic hydroxyl groups excluding tert-OH is 1. The predicted molar refractivity (Wildman–Crippen MR) is 98.0 cm³/mol. The monoisotopic (exact) mass is 346 g/mol. The lowest BCUT2D eigenvalue weighted by molar-refractivity contribution is 0.0469. The fourth-order valence-corrected chi connectivity index (χ4v) is 3.84. The molecule has 2 heterocycles. The van der Waals surface area contributed by atoms with Crippen molar-refractivity contribution in [2.75, 3.05) is 32.8 Å². The molecule has 0 bridgehead atoms. The van der Waals surface area contributed by atoms with Gasteiger partial charge in [-0.15, -0.1) is 0 Å². The lowest BCUT2D eigenvalue weighted by Crippen LogP contribution is -2.42. The smallest absolute Gasteiger partial charge is 0.257 e. The molecule has 0 radical (unpaired) electrons. The van der Waals surface area contributed by atoms with E-state index < -0.39 is 6.10 Å². The van der Waals surface area contributed by atoms with Crippen molar-refractivity contribution in [1.82, 2.24) is 9.80 Å². The average Bonchev–Trinajstić information content (AvgIpc) is 2.63. The minimum atomic E-state index is -0.411. The molecule has 2 aliphatic heterocycles. The number of piperidine rings is 2. The molecule has 0 unspecified atom stereocenters. The van der Waals surface area contributed by atoms with Gasteiger partial charge < -0.3 is 14.7 Å². The third-order valence-corrected chi connectivity index (χ3v) is 5.38. The molecule has 0 saturated carbocycles. The van der Waals surface area contributed by atoms with Crippen LogP contribution in [0.4, 0.5) is 0 Å². The highest BCUT2D eigenvalue weighted by atomic mass is 16.5. The van der Waals surface area contributed by atoms with Gasteiger partial charge in [0, 0.05) is 25.7 Å². The molecule has 5 heteroatoms. The van der Waals surface area contributed by atoms with Crippen LogP contribution in [0.25, 0.3) is 0 Å². The Morgan fingerprint density at radius 1 is 1.20 bits per heavy atom. The molecule has 0 aliphatic carbocycles. The molecule has 1 aromatic carbocycles. The molecule has 5 nitrogen and oxygen atoms in total. The van der Waals surface area contributed by atoms with Crippen molar-refractivity contribution in [2.24, 2.45) is 0 Å². The Labute approximate surface area is 150 Å². The number of ether oxygens (including phenoxy) is 1. The molecule has 138 valence electrons. The van der Waals surface area contributed by atoms with Crippen molar-refractivity contribution in [3.05, 3.63) is 29.8 Å². The number of carbonyl (C=O) groups excluding carboxylic acids is 1. The lowest BCUT2D eigenvalue weighted by atomic mass is 10.0. The van der Waals surface area contributed by atoms with Crippen LogP contribution in [-0.2, 0) is 0 Å². The molecule has 2 aliphatic rings. The van der Waals surface area contributed by atoms with Crippen LogP contribution in [-0.4, -0.2) is 65.7 Å². The third-order valence-electron chi connectivity index (χ3n) is 5.38. The van der Waals surface area contributed by atoms with Gasteiger partial charge in [-0.3, -0.25) is 9.69 Å². The van der Waals surface area contributed by atoms with Crippen molar-refractivity contribution in [2.45, 2.75) is 51.2 Å². The van der Waals surface area contributed by atoms with Gasteiger partial charge in [-0.2, -0.15) is 0 Å². The van der Waals surface area contributed by atoms with E-state index >= 15 is 0 Å². The van der Waals surface area contributed by atoms with E-state index in [-0.39, 0.29) is 5.91 Å². The predicted octanol–water partition coefficient (Wildman–Crippen LogP) is 2.54. The zero-order chi connectivity index (χ0) is 17.6. The molecule has 0 aromatic heterocycles. The molecule has 1 aromatic rings. The van der Waals surface area contributed by atoms with Gasteiger partial charge in [-0.05, 0) is 51.3 Å². The van der Waals surface area contributed by atoms with Crippen LogP contribution in [0.15, 0.2) is 24.3 Å². The number of hydrogen-bond acceptors (Lipinski definition) is 4. The van der Waals surface area contributed by atoms with Crippen molar-refractivity contribution in [3.63, 3.8) is 0 Å². The topological polar surface area (TPSA) is 53.0 Å². The van der Waals surface area contributed by atoms with Gasteiger partial charge in [0.15, 0.2) is 0 Å². The van der Waals surface area contributed by atoms with E-state index in [1.54, 1.807) is 4.90 Å². The summed E-state index contributed by atoms with van der Waals surface area (Å²) in [7, 11) is 0. The van der Waals surface area contributed by atoms with E-state index in [1.165, 1.54) is 19.3 Å². The van der Waals surface area contributed by atoms with Crippen molar-refractivity contribution in [3.8, 4) is 5.75 Å². The fourth-order valence-electron chi connectivity index (χ4n) is 3.84. The number of aliphatic hydroxyl groups is 1. The number of amides is 1. The minimum absolute atomic E-state index is 0.0410. The highest BCUT2D eigenvalue weighted by Crippen LogP contribution is 2.22. The maximum atomic E-state index is 12.8. The maximum absolute atomic E-state index is 12.8. The van der Waals surface area contributed by atoms with Gasteiger partial charge in [0.05, 0.1) is 11.7 Å². The first-order valence-electron chi connectivity index (χ1n) is 9.58. The summed E-state index contributed by atoms with van der Waals surface area (Å²) < 4.78 is 5.98. The number of carbonyl (C=O) groups is 1. The first kappa shape index (κ1) is 18.2. The second-order valence-electron chi connectivity index (χ2n) is 7.27. The summed E-state index contributed by atoms with van der Waals surface area (Å²) in [6.07, 6.45) is 5.05. The second-order valence-corrected chi connectivity index (χ2v) is 7.27. The molecule has 1 amide bonds. The van der Waals surface area contributed by atoms with E-state index in [9.17, 15) is 9.90 Å². The van der Waals surface area contributed by atoms with Gasteiger partial charge in [-0.1, -0.05) is 18.6 Å². The Kier molecular flexibility index (Phi) is 6.32. The summed E-state index contributed by atoms with van der Waals surface area (Å²) in [5.74, 6) is 0.609. The average molecular weight is 346 g/mol. The minimum Gasteiger partial charge on any atom is -0.491 e. The Hall–Kier alpha value is -1.59. The zero-order valence-electron chi connectivity index (χ0n) is 15.2. The number of para-hydroxylation sites is 1. The number of likely N-dealkylation sites (tertiary alicyclic amines) is 2. The number of benzene rings is 1. The summed E-state index contributed by atoms with van der Waals surface area (Å²) >= 11 is 0. The molecular formula is C20H30N2O3. The molecule has 1 N–H and O–H groups in total. The molecule has 3 rings (SSSR count). The lowest BCUT2D eigenvalue weighted by Gasteiger charge is -2.33. The van der Waals surface area contributed by atoms with E-state index in [0.717, 1.165) is 25.9 Å². The van der Waals surface area contributed by atoms with Gasteiger partial charge in [0.1, 0.15) is 12.4 Å². The van der Waals surface area contributed by atoms with Crippen molar-refractivity contribution >= 4 is 5.91 Å². The van der Waals surface area contributed by atoms with Crippen LogP contribution in [0, 0.1) is 0 Å². The Morgan fingerprint density at radius 3 is 2.84 bits per heavy atom. The van der Waals surface area contributed by atoms with Crippen molar-refractivity contribution in [1.29, 1.82) is 0 Å². The first-order chi connectivity index (χ1) is 12.1.